The Labute approximate surface area is 221 Å². The maximum atomic E-state index is 14.2. The van der Waals surface area contributed by atoms with Crippen LogP contribution in [0.1, 0.15) is 30.9 Å². The molecule has 0 saturated carbocycles. The topological polar surface area (TPSA) is 125 Å². The normalized spacial score (nSPS) is 24.7. The van der Waals surface area contributed by atoms with Crippen LogP contribution in [0.2, 0.25) is 0 Å². The molecule has 0 radical (unpaired) electrons. The van der Waals surface area contributed by atoms with Crippen LogP contribution in [0.5, 0.6) is 0 Å². The molecule has 1 N–H and O–H groups in total. The lowest BCUT2D eigenvalue weighted by molar-refractivity contribution is -0.145. The van der Waals surface area contributed by atoms with Crippen molar-refractivity contribution in [2.45, 2.75) is 36.3 Å². The molecule has 2 fully saturated rings. The van der Waals surface area contributed by atoms with Gasteiger partial charge >= 0.3 is 0 Å². The average Bonchev–Trinajstić information content (AvgIpc) is 3.57. The highest BCUT2D eigenvalue weighted by Crippen LogP contribution is 2.53. The number of fused-ring (bicyclic) bond motifs is 2. The molecule has 10 nitrogen and oxygen atoms in total. The van der Waals surface area contributed by atoms with Crippen LogP contribution in [0.4, 0.5) is 5.69 Å². The van der Waals surface area contributed by atoms with E-state index in [0.29, 0.717) is 30.8 Å². The van der Waals surface area contributed by atoms with Crippen LogP contribution >= 0.6 is 0 Å². The van der Waals surface area contributed by atoms with Crippen LogP contribution in [0.25, 0.3) is 5.76 Å². The van der Waals surface area contributed by atoms with Gasteiger partial charge in [-0.05, 0) is 50.1 Å². The van der Waals surface area contributed by atoms with E-state index in [0.717, 1.165) is 10.7 Å². The van der Waals surface area contributed by atoms with Gasteiger partial charge in [-0.15, -0.1) is 0 Å². The summed E-state index contributed by atoms with van der Waals surface area (Å²) in [6, 6.07) is 12.3. The fourth-order valence-electron chi connectivity index (χ4n) is 5.56. The van der Waals surface area contributed by atoms with Crippen LogP contribution in [0.3, 0.4) is 0 Å². The summed E-state index contributed by atoms with van der Waals surface area (Å²) in [5, 5.41) is 11.5. The lowest BCUT2D eigenvalue weighted by Crippen LogP contribution is -2.53. The van der Waals surface area contributed by atoms with E-state index in [4.69, 9.17) is 4.74 Å². The number of carbonyl (C=O) groups is 3. The number of rotatable bonds is 6. The smallest absolute Gasteiger partial charge is 0.296 e. The van der Waals surface area contributed by atoms with E-state index >= 15 is 0 Å². The Bertz CT molecular complexity index is 1460. The number of nitrogens with zero attached hydrogens (tertiary/aromatic N) is 3. The van der Waals surface area contributed by atoms with Crippen molar-refractivity contribution in [2.75, 3.05) is 38.7 Å². The number of amides is 2. The number of hydrogen-bond donors (Lipinski definition) is 1. The van der Waals surface area contributed by atoms with Crippen molar-refractivity contribution in [1.29, 1.82) is 0 Å². The zero-order chi connectivity index (χ0) is 27.4. The van der Waals surface area contributed by atoms with Crippen LogP contribution in [-0.4, -0.2) is 80.2 Å². The second-order valence-electron chi connectivity index (χ2n) is 9.69. The number of aliphatic hydroxyl groups excluding tert-OH is 1. The Hall–Kier alpha value is -3.54. The number of hydrogen-bond acceptors (Lipinski definition) is 7. The van der Waals surface area contributed by atoms with Gasteiger partial charge < -0.3 is 19.6 Å². The van der Waals surface area contributed by atoms with Gasteiger partial charge in [0.05, 0.1) is 22.3 Å². The Kier molecular flexibility index (Phi) is 6.41. The van der Waals surface area contributed by atoms with E-state index in [1.54, 1.807) is 31.2 Å². The van der Waals surface area contributed by atoms with Gasteiger partial charge in [0.2, 0.25) is 10.0 Å². The molecule has 0 unspecified atom stereocenters. The van der Waals surface area contributed by atoms with E-state index in [1.807, 2.05) is 0 Å². The summed E-state index contributed by atoms with van der Waals surface area (Å²) in [6.45, 7) is 2.62. The van der Waals surface area contributed by atoms with Crippen molar-refractivity contribution in [3.05, 3.63) is 65.2 Å². The van der Waals surface area contributed by atoms with Gasteiger partial charge in [-0.25, -0.2) is 12.7 Å². The summed E-state index contributed by atoms with van der Waals surface area (Å²) in [7, 11) is -0.923. The van der Waals surface area contributed by atoms with Crippen molar-refractivity contribution < 1.29 is 32.6 Å². The molecule has 2 saturated heterocycles. The molecule has 0 bridgehead atoms. The first kappa shape index (κ1) is 26.1. The van der Waals surface area contributed by atoms with Crippen LogP contribution in [0.15, 0.2) is 59.0 Å². The first-order valence-electron chi connectivity index (χ1n) is 12.4. The van der Waals surface area contributed by atoms with Crippen molar-refractivity contribution in [3.63, 3.8) is 0 Å². The molecule has 2 aromatic rings. The summed E-state index contributed by atoms with van der Waals surface area (Å²) >= 11 is 0. The first-order valence-corrected chi connectivity index (χ1v) is 13.9. The monoisotopic (exact) mass is 539 g/mol. The zero-order valence-electron chi connectivity index (χ0n) is 21.4. The molecule has 3 aliphatic rings. The maximum absolute atomic E-state index is 14.2. The molecule has 2 amide bonds. The Balaban J connectivity index is 1.74. The summed E-state index contributed by atoms with van der Waals surface area (Å²) in [5.74, 6) is -2.93. The van der Waals surface area contributed by atoms with Gasteiger partial charge in [-0.3, -0.25) is 14.4 Å². The predicted octanol–water partition coefficient (Wildman–Crippen LogP) is 2.06. The molecule has 11 heteroatoms. The quantitative estimate of drug-likeness (QED) is 0.339. The minimum atomic E-state index is -3.73. The second kappa shape index (κ2) is 9.33. The highest BCUT2D eigenvalue weighted by atomic mass is 32.2. The second-order valence-corrected chi connectivity index (χ2v) is 11.8. The van der Waals surface area contributed by atoms with E-state index < -0.39 is 38.9 Å². The van der Waals surface area contributed by atoms with Crippen LogP contribution in [0, 0.1) is 0 Å². The fraction of sp³-hybridized carbons (Fsp3) is 0.370. The largest absolute Gasteiger partial charge is 0.507 e. The average molecular weight is 540 g/mol. The van der Waals surface area contributed by atoms with Gasteiger partial charge in [-0.1, -0.05) is 18.2 Å². The molecule has 200 valence electrons. The maximum Gasteiger partial charge on any atom is 0.296 e. The van der Waals surface area contributed by atoms with E-state index in [2.05, 4.69) is 0 Å². The van der Waals surface area contributed by atoms with E-state index in [9.17, 15) is 27.9 Å². The number of ether oxygens (including phenoxy) is 1. The summed E-state index contributed by atoms with van der Waals surface area (Å²) in [5.41, 5.74) is -1.12. The van der Waals surface area contributed by atoms with Crippen molar-refractivity contribution in [3.8, 4) is 0 Å². The number of aliphatic hydroxyl groups is 1. The van der Waals surface area contributed by atoms with Gasteiger partial charge in [-0.2, -0.15) is 0 Å². The molecule has 1 spiro atoms. The summed E-state index contributed by atoms with van der Waals surface area (Å²) in [6.07, 6.45) is 1.13. The number of Topliss-reactive ketones (excluding diaryl/α,β-unsaturated/α-hetero) is 1. The number of anilines is 1. The van der Waals surface area contributed by atoms with Crippen molar-refractivity contribution in [2.24, 2.45) is 0 Å². The third kappa shape index (κ3) is 3.60. The lowest BCUT2D eigenvalue weighted by Gasteiger charge is -2.35. The first-order chi connectivity index (χ1) is 18.1. The van der Waals surface area contributed by atoms with Gasteiger partial charge in [0, 0.05) is 44.9 Å². The van der Waals surface area contributed by atoms with E-state index in [-0.39, 0.29) is 28.7 Å². The molecule has 0 aromatic heterocycles. The minimum Gasteiger partial charge on any atom is -0.507 e. The molecular weight excluding hydrogens is 510 g/mol. The third-order valence-corrected chi connectivity index (χ3v) is 9.27. The zero-order valence-corrected chi connectivity index (χ0v) is 22.2. The van der Waals surface area contributed by atoms with Crippen molar-refractivity contribution in [1.82, 2.24) is 9.21 Å². The number of benzene rings is 2. The molecule has 38 heavy (non-hydrogen) atoms. The number of likely N-dealkylation sites (N-methyl/N-ethyl adjacent to an activating group) is 1. The number of likely N-dealkylation sites (tertiary alicyclic amines) is 1. The standard InChI is InChI=1S/C27H29N3O7S/c1-4-29-21-10-6-5-9-20(21)27(26(29)34)22(24(32)25(33)30(27)16-18-8-7-15-37-18)23(31)17-11-13-19(14-12-17)38(35,36)28(2)3/h5-6,9-14,18,31H,4,7-8,15-16H2,1-3H3/t18-,27-/m0/s1. The van der Waals surface area contributed by atoms with Gasteiger partial charge in [0.25, 0.3) is 17.6 Å². The molecule has 3 aliphatic heterocycles. The number of para-hydroxylation sites is 1. The molecule has 2 atom stereocenters. The van der Waals surface area contributed by atoms with Gasteiger partial charge in [0.15, 0.2) is 5.54 Å². The molecule has 3 heterocycles. The molecule has 2 aromatic carbocycles. The highest BCUT2D eigenvalue weighted by Gasteiger charge is 2.67. The fourth-order valence-corrected chi connectivity index (χ4v) is 6.46. The highest BCUT2D eigenvalue weighted by molar-refractivity contribution is 7.89. The lowest BCUT2D eigenvalue weighted by atomic mass is 9.81. The molecule has 0 aliphatic carbocycles. The van der Waals surface area contributed by atoms with E-state index in [1.165, 1.54) is 48.2 Å². The minimum absolute atomic E-state index is 0.00737. The SMILES string of the molecule is CCN1C(=O)[C@@]2(C(=C(O)c3ccc(S(=O)(=O)N(C)C)cc3)C(=O)C(=O)N2C[C@@H]2CCCO2)c2ccccc21. The Morgan fingerprint density at radius 1 is 1.11 bits per heavy atom. The van der Waals surface area contributed by atoms with Gasteiger partial charge in [0.1, 0.15) is 5.76 Å². The third-order valence-electron chi connectivity index (χ3n) is 7.44. The number of sulfonamides is 1. The summed E-state index contributed by atoms with van der Waals surface area (Å²) < 4.78 is 31.8. The van der Waals surface area contributed by atoms with Crippen molar-refractivity contribution >= 4 is 39.1 Å². The number of ketones is 1. The van der Waals surface area contributed by atoms with Crippen LogP contribution in [-0.2, 0) is 34.7 Å². The molecular formula is C27H29N3O7S. The Morgan fingerprint density at radius 3 is 2.39 bits per heavy atom. The summed E-state index contributed by atoms with van der Waals surface area (Å²) in [4.78, 5) is 44.1. The number of carbonyl (C=O) groups excluding carboxylic acids is 3. The predicted molar refractivity (Wildman–Crippen MR) is 139 cm³/mol. The van der Waals surface area contributed by atoms with Crippen LogP contribution < -0.4 is 4.90 Å². The molecule has 5 rings (SSSR count). The Morgan fingerprint density at radius 2 is 1.79 bits per heavy atom.